The second-order valence-corrected chi connectivity index (χ2v) is 29.1. The Balaban J connectivity index is 1.21. The third-order valence-electron chi connectivity index (χ3n) is 13.1. The molecule has 9 aromatic rings. The largest absolute Gasteiger partial charge is 0.309 e. The molecule has 0 saturated carbocycles. The fourth-order valence-corrected chi connectivity index (χ4v) is 19.3. The zero-order chi connectivity index (χ0) is 47.8. The molecule has 0 N–H and O–H groups in total. The van der Waals surface area contributed by atoms with Gasteiger partial charge in [0.15, 0.2) is 28.6 Å². The fraction of sp³-hybridized carbons (Fsp3) is 0.100. The number of rotatable bonds is 12. The third kappa shape index (κ3) is 8.55. The first-order valence-corrected chi connectivity index (χ1v) is 29.6. The van der Waals surface area contributed by atoms with E-state index in [9.17, 15) is 0 Å². The maximum Gasteiger partial charge on any atom is 0.171 e. The molecule has 0 aromatic heterocycles. The van der Waals surface area contributed by atoms with Crippen molar-refractivity contribution in [3.05, 3.63) is 252 Å². The minimum absolute atomic E-state index is 0.543. The van der Waals surface area contributed by atoms with Crippen molar-refractivity contribution in [2.24, 2.45) is 0 Å². The average Bonchev–Trinajstić information content (AvgIpc) is 3.37. The lowest BCUT2D eigenvalue weighted by Crippen LogP contribution is -2.31. The highest BCUT2D eigenvalue weighted by atomic mass is 31.2. The van der Waals surface area contributed by atoms with Gasteiger partial charge in [-0.2, -0.15) is 0 Å². The molecule has 0 amide bonds. The van der Waals surface area contributed by atoms with E-state index in [2.05, 4.69) is 0 Å². The Morgan fingerprint density at radius 1 is 0.162 bits per heavy atom. The summed E-state index contributed by atoms with van der Waals surface area (Å²) in [5.41, 5.74) is 6.42. The minimum atomic E-state index is -3.73. The van der Waals surface area contributed by atoms with Gasteiger partial charge in [-0.3, -0.25) is 0 Å². The SMILES string of the molecule is Cc1ccc(P(=O)(c2ccc(C)cc2)c2ccc(P(=O)(c3ccc(P(=O)(c4ccc(C)cc4)c4ccc(C)cc4)cc3)c3ccc(P(=O)(c4ccc(C)cc4)c4ccc(C)cc4)cc3)cc2)cc1. The van der Waals surface area contributed by atoms with E-state index < -0.39 is 28.6 Å². The number of hydrogen-bond donors (Lipinski definition) is 0. The summed E-state index contributed by atoms with van der Waals surface area (Å²) in [6, 6.07) is 69.3. The molecule has 0 unspecified atom stereocenters. The van der Waals surface area contributed by atoms with E-state index in [1.54, 1.807) is 0 Å². The summed E-state index contributed by atoms with van der Waals surface area (Å²) in [4.78, 5) is 0. The molecule has 0 aliphatic carbocycles. The molecule has 68 heavy (non-hydrogen) atoms. The second-order valence-electron chi connectivity index (χ2n) is 18.0. The van der Waals surface area contributed by atoms with Crippen molar-refractivity contribution in [3.8, 4) is 0 Å². The van der Waals surface area contributed by atoms with Crippen molar-refractivity contribution < 1.29 is 18.3 Å². The Morgan fingerprint density at radius 2 is 0.235 bits per heavy atom. The molecule has 0 heterocycles. The van der Waals surface area contributed by atoms with Gasteiger partial charge in [0.05, 0.1) is 0 Å². The molecular formula is C60H54O4P4. The van der Waals surface area contributed by atoms with Crippen LogP contribution < -0.4 is 63.7 Å². The predicted octanol–water partition coefficient (Wildman–Crippen LogP) is 10.1. The summed E-state index contributed by atoms with van der Waals surface area (Å²) >= 11 is 0. The number of hydrogen-bond acceptors (Lipinski definition) is 4. The monoisotopic (exact) mass is 962 g/mol. The van der Waals surface area contributed by atoms with Crippen LogP contribution in [0.15, 0.2) is 218 Å². The summed E-state index contributed by atoms with van der Waals surface area (Å²) in [5.74, 6) is 0. The van der Waals surface area contributed by atoms with Gasteiger partial charge >= 0.3 is 0 Å². The Morgan fingerprint density at radius 3 is 0.324 bits per heavy atom. The molecule has 8 heteroatoms. The average molecular weight is 963 g/mol. The van der Waals surface area contributed by atoms with Gasteiger partial charge in [0.2, 0.25) is 0 Å². The Labute approximate surface area is 401 Å². The van der Waals surface area contributed by atoms with Crippen LogP contribution in [0.4, 0.5) is 0 Å². The molecule has 0 atom stereocenters. The molecule has 0 aliphatic rings. The lowest BCUT2D eigenvalue weighted by atomic mass is 10.2. The first kappa shape index (κ1) is 47.0. The van der Waals surface area contributed by atoms with E-state index in [0.717, 1.165) is 33.4 Å². The highest BCUT2D eigenvalue weighted by Gasteiger charge is 2.36. The van der Waals surface area contributed by atoms with Crippen molar-refractivity contribution in [1.82, 2.24) is 0 Å². The molecule has 9 aromatic carbocycles. The van der Waals surface area contributed by atoms with Crippen LogP contribution in [0.5, 0.6) is 0 Å². The van der Waals surface area contributed by atoms with Gasteiger partial charge in [-0.1, -0.05) is 252 Å². The zero-order valence-electron chi connectivity index (χ0n) is 39.2. The fourth-order valence-electron chi connectivity index (χ4n) is 8.93. The van der Waals surface area contributed by atoms with E-state index in [1.807, 2.05) is 260 Å². The number of benzene rings is 9. The van der Waals surface area contributed by atoms with E-state index in [-0.39, 0.29) is 0 Å². The molecule has 338 valence electrons. The second kappa shape index (κ2) is 18.8. The van der Waals surface area contributed by atoms with E-state index in [0.29, 0.717) is 63.7 Å². The summed E-state index contributed by atoms with van der Waals surface area (Å²) in [6.07, 6.45) is 0. The predicted molar refractivity (Wildman–Crippen MR) is 292 cm³/mol. The van der Waals surface area contributed by atoms with Crippen molar-refractivity contribution in [2.45, 2.75) is 41.5 Å². The van der Waals surface area contributed by atoms with Crippen LogP contribution in [-0.2, 0) is 18.3 Å². The molecule has 9 rings (SSSR count). The molecule has 0 saturated heterocycles. The molecule has 0 radical (unpaired) electrons. The molecule has 0 bridgehead atoms. The smallest absolute Gasteiger partial charge is 0.171 e. The molecule has 0 aliphatic heterocycles. The Kier molecular flexibility index (Phi) is 13.0. The summed E-state index contributed by atoms with van der Waals surface area (Å²) in [6.45, 7) is 12.1. The summed E-state index contributed by atoms with van der Waals surface area (Å²) in [5, 5.41) is 7.80. The lowest BCUT2D eigenvalue weighted by molar-refractivity contribution is 0.591. The lowest BCUT2D eigenvalue weighted by Gasteiger charge is -2.25. The van der Waals surface area contributed by atoms with Crippen molar-refractivity contribution >= 4 is 92.2 Å². The molecular weight excluding hydrogens is 909 g/mol. The van der Waals surface area contributed by atoms with Gasteiger partial charge in [0.1, 0.15) is 0 Å². The Bertz CT molecular complexity index is 2910. The van der Waals surface area contributed by atoms with Crippen LogP contribution in [0.1, 0.15) is 33.4 Å². The molecule has 0 spiro atoms. The van der Waals surface area contributed by atoms with Crippen molar-refractivity contribution in [1.29, 1.82) is 0 Å². The normalized spacial score (nSPS) is 12.2. The third-order valence-corrected chi connectivity index (χ3v) is 25.4. The van der Waals surface area contributed by atoms with Crippen molar-refractivity contribution in [3.63, 3.8) is 0 Å². The standard InChI is InChI=1S/C60H54O4P4/c1-43-7-19-49(20-8-43)65(61,50-21-9-44(2)10-22-50)55-31-37-58(38-32-55)68(64,59-39-33-56(34-40-59)66(62,51-23-11-45(3)12-24-51)52-25-13-46(4)14-26-52)60-41-35-57(36-42-60)67(63,53-27-15-47(5)16-28-53)54-29-17-48(6)18-30-54/h7-42H,1-6H3. The molecule has 0 fully saturated rings. The van der Waals surface area contributed by atoms with Gasteiger partial charge in [0, 0.05) is 63.7 Å². The molecule has 4 nitrogen and oxygen atoms in total. The van der Waals surface area contributed by atoms with Crippen LogP contribution >= 0.6 is 28.6 Å². The minimum Gasteiger partial charge on any atom is -0.309 e. The highest BCUT2D eigenvalue weighted by molar-refractivity contribution is 7.87. The maximum absolute atomic E-state index is 16.5. The van der Waals surface area contributed by atoms with Crippen LogP contribution in [-0.4, -0.2) is 0 Å². The van der Waals surface area contributed by atoms with E-state index in [1.165, 1.54) is 0 Å². The topological polar surface area (TPSA) is 68.3 Å². The van der Waals surface area contributed by atoms with Crippen LogP contribution in [0.3, 0.4) is 0 Å². The van der Waals surface area contributed by atoms with Gasteiger partial charge in [-0.25, -0.2) is 0 Å². The van der Waals surface area contributed by atoms with Crippen LogP contribution in [0, 0.1) is 41.5 Å². The highest BCUT2D eigenvalue weighted by Crippen LogP contribution is 2.48. The van der Waals surface area contributed by atoms with Gasteiger partial charge in [-0.05, 0) is 41.5 Å². The quantitative estimate of drug-likeness (QED) is 0.114. The Hall–Kier alpha value is -6.10. The van der Waals surface area contributed by atoms with E-state index >= 15 is 18.3 Å². The number of aryl methyl sites for hydroxylation is 6. The van der Waals surface area contributed by atoms with Gasteiger partial charge in [-0.15, -0.1) is 0 Å². The van der Waals surface area contributed by atoms with Gasteiger partial charge < -0.3 is 18.3 Å². The zero-order valence-corrected chi connectivity index (χ0v) is 42.8. The van der Waals surface area contributed by atoms with Gasteiger partial charge in [0.25, 0.3) is 0 Å². The summed E-state index contributed by atoms with van der Waals surface area (Å²) in [7, 11) is -13.8. The van der Waals surface area contributed by atoms with Crippen LogP contribution in [0.2, 0.25) is 0 Å². The van der Waals surface area contributed by atoms with Crippen molar-refractivity contribution in [2.75, 3.05) is 0 Å². The van der Waals surface area contributed by atoms with E-state index in [4.69, 9.17) is 0 Å². The van der Waals surface area contributed by atoms with Crippen LogP contribution in [0.25, 0.3) is 0 Å². The summed E-state index contributed by atoms with van der Waals surface area (Å²) < 4.78 is 63.4. The first-order valence-electron chi connectivity index (χ1n) is 22.8. The first-order chi connectivity index (χ1) is 32.6. The maximum atomic E-state index is 16.5.